The van der Waals surface area contributed by atoms with E-state index in [0.717, 1.165) is 19.4 Å². The Bertz CT molecular complexity index is 825. The molecule has 186 valence electrons. The van der Waals surface area contributed by atoms with E-state index < -0.39 is 0 Å². The van der Waals surface area contributed by atoms with Gasteiger partial charge in [-0.05, 0) is 61.1 Å². The van der Waals surface area contributed by atoms with Crippen molar-refractivity contribution in [1.82, 2.24) is 0 Å². The number of carbonyl (C=O) groups is 1. The first-order chi connectivity index (χ1) is 16.7. The first kappa shape index (κ1) is 26.5. The predicted molar refractivity (Wildman–Crippen MR) is 141 cm³/mol. The van der Waals surface area contributed by atoms with Crippen molar-refractivity contribution in [3.05, 3.63) is 65.2 Å². The van der Waals surface area contributed by atoms with Crippen LogP contribution in [0.3, 0.4) is 0 Å². The molecule has 0 bridgehead atoms. The van der Waals surface area contributed by atoms with Gasteiger partial charge in [0.05, 0.1) is 18.3 Å². The van der Waals surface area contributed by atoms with Crippen molar-refractivity contribution >= 4 is 5.97 Å². The molecule has 3 rings (SSSR count). The molecule has 34 heavy (non-hydrogen) atoms. The fourth-order valence-electron chi connectivity index (χ4n) is 4.83. The maximum Gasteiger partial charge on any atom is 0.343 e. The molecule has 2 atom stereocenters. The Labute approximate surface area is 207 Å². The van der Waals surface area contributed by atoms with Gasteiger partial charge in [-0.15, -0.1) is 0 Å². The van der Waals surface area contributed by atoms with Gasteiger partial charge in [-0.25, -0.2) is 4.79 Å². The largest absolute Gasteiger partial charge is 0.423 e. The molecule has 1 aliphatic rings. The van der Waals surface area contributed by atoms with Crippen LogP contribution in [0, 0.1) is 0 Å². The summed E-state index contributed by atoms with van der Waals surface area (Å²) in [6, 6.07) is 15.9. The number of benzene rings is 2. The summed E-state index contributed by atoms with van der Waals surface area (Å²) in [5.41, 5.74) is 3.17. The lowest BCUT2D eigenvalue weighted by Gasteiger charge is -2.11. The summed E-state index contributed by atoms with van der Waals surface area (Å²) >= 11 is 0. The topological polar surface area (TPSA) is 35.5 Å². The molecule has 0 aromatic heterocycles. The van der Waals surface area contributed by atoms with E-state index in [-0.39, 0.29) is 5.97 Å². The minimum Gasteiger partial charge on any atom is -0.423 e. The van der Waals surface area contributed by atoms with Crippen LogP contribution in [0.2, 0.25) is 0 Å². The van der Waals surface area contributed by atoms with Crippen LogP contribution in [0.4, 0.5) is 0 Å². The molecule has 0 N–H and O–H groups in total. The van der Waals surface area contributed by atoms with E-state index in [2.05, 4.69) is 38.1 Å². The van der Waals surface area contributed by atoms with Crippen LogP contribution in [0.25, 0.3) is 0 Å². The highest BCUT2D eigenvalue weighted by Crippen LogP contribution is 2.32. The van der Waals surface area contributed by atoms with Crippen molar-refractivity contribution in [2.45, 2.75) is 109 Å². The number of hydrogen-bond donors (Lipinski definition) is 0. The summed E-state index contributed by atoms with van der Waals surface area (Å²) in [7, 11) is 0. The van der Waals surface area contributed by atoms with E-state index in [4.69, 9.17) is 9.47 Å². The lowest BCUT2D eigenvalue weighted by atomic mass is 9.94. The monoisotopic (exact) mass is 464 g/mol. The third-order valence-corrected chi connectivity index (χ3v) is 7.03. The number of unbranched alkanes of at least 4 members (excludes halogenated alkanes) is 8. The Morgan fingerprint density at radius 2 is 1.47 bits per heavy atom. The number of esters is 1. The molecular formula is C31H44O3. The number of ether oxygens (including phenoxy) is 2. The van der Waals surface area contributed by atoms with Crippen LogP contribution in [-0.4, -0.2) is 18.7 Å². The minimum absolute atomic E-state index is 0.296. The lowest BCUT2D eigenvalue weighted by Crippen LogP contribution is -2.08. The number of aryl methyl sites for hydroxylation is 1. The van der Waals surface area contributed by atoms with E-state index in [9.17, 15) is 4.79 Å². The van der Waals surface area contributed by atoms with Gasteiger partial charge in [0.15, 0.2) is 0 Å². The highest BCUT2D eigenvalue weighted by atomic mass is 16.5. The van der Waals surface area contributed by atoms with Crippen molar-refractivity contribution in [2.75, 3.05) is 6.61 Å². The second kappa shape index (κ2) is 15.0. The summed E-state index contributed by atoms with van der Waals surface area (Å²) in [5.74, 6) is 0.746. The summed E-state index contributed by atoms with van der Waals surface area (Å²) in [4.78, 5) is 12.6. The SMILES string of the molecule is CCCCCCCCc1ccc(C(=O)Oc2ccc([C@H]3CO[C@@H](CCCCCC)C3)cc2)cc1. The Hall–Kier alpha value is -2.13. The third kappa shape index (κ3) is 8.91. The third-order valence-electron chi connectivity index (χ3n) is 7.03. The fraction of sp³-hybridized carbons (Fsp3) is 0.581. The van der Waals surface area contributed by atoms with E-state index in [1.54, 1.807) is 0 Å². The molecule has 1 aliphatic heterocycles. The summed E-state index contributed by atoms with van der Waals surface area (Å²) in [5, 5.41) is 0. The van der Waals surface area contributed by atoms with Crippen molar-refractivity contribution < 1.29 is 14.3 Å². The number of carbonyl (C=O) groups excluding carboxylic acids is 1. The summed E-state index contributed by atoms with van der Waals surface area (Å²) in [6.45, 7) is 5.29. The zero-order chi connectivity index (χ0) is 24.0. The van der Waals surface area contributed by atoms with Crippen LogP contribution in [0.1, 0.15) is 118 Å². The quantitative estimate of drug-likeness (QED) is 0.150. The predicted octanol–water partition coefficient (Wildman–Crippen LogP) is 8.65. The van der Waals surface area contributed by atoms with Crippen molar-refractivity contribution in [3.63, 3.8) is 0 Å². The van der Waals surface area contributed by atoms with Gasteiger partial charge in [-0.1, -0.05) is 95.9 Å². The van der Waals surface area contributed by atoms with Gasteiger partial charge in [0.25, 0.3) is 0 Å². The highest BCUT2D eigenvalue weighted by molar-refractivity contribution is 5.91. The molecular weight excluding hydrogens is 420 g/mol. The molecule has 0 radical (unpaired) electrons. The molecule has 1 heterocycles. The molecule has 0 aliphatic carbocycles. The molecule has 0 spiro atoms. The second-order valence-electron chi connectivity index (χ2n) is 9.91. The summed E-state index contributed by atoms with van der Waals surface area (Å²) < 4.78 is 11.6. The standard InChI is InChI=1S/C31H44O3/c1-3-5-7-9-10-11-13-25-15-17-27(18-16-25)31(32)34-29-21-19-26(20-22-29)28-23-30(33-24-28)14-12-8-6-4-2/h15-22,28,30H,3-14,23-24H2,1-2H3/t28-,30+/m1/s1. The molecule has 0 unspecified atom stereocenters. The Morgan fingerprint density at radius 1 is 0.824 bits per heavy atom. The van der Waals surface area contributed by atoms with Gasteiger partial charge in [-0.3, -0.25) is 0 Å². The summed E-state index contributed by atoms with van der Waals surface area (Å²) in [6.07, 6.45) is 16.7. The zero-order valence-electron chi connectivity index (χ0n) is 21.4. The van der Waals surface area contributed by atoms with Crippen molar-refractivity contribution in [3.8, 4) is 5.75 Å². The first-order valence-corrected chi connectivity index (χ1v) is 13.7. The Balaban J connectivity index is 1.40. The van der Waals surface area contributed by atoms with Crippen LogP contribution < -0.4 is 4.74 Å². The van der Waals surface area contributed by atoms with E-state index in [1.807, 2.05) is 24.3 Å². The van der Waals surface area contributed by atoms with Crippen LogP contribution >= 0.6 is 0 Å². The average molecular weight is 465 g/mol. The van der Waals surface area contributed by atoms with Gasteiger partial charge in [-0.2, -0.15) is 0 Å². The van der Waals surface area contributed by atoms with Gasteiger partial charge < -0.3 is 9.47 Å². The molecule has 0 saturated carbocycles. The maximum absolute atomic E-state index is 12.6. The second-order valence-corrected chi connectivity index (χ2v) is 9.91. The number of rotatable bonds is 15. The van der Waals surface area contributed by atoms with Crippen molar-refractivity contribution in [1.29, 1.82) is 0 Å². The van der Waals surface area contributed by atoms with Gasteiger partial charge in [0.2, 0.25) is 0 Å². The Kier molecular flexibility index (Phi) is 11.7. The molecule has 1 fully saturated rings. The van der Waals surface area contributed by atoms with E-state index in [0.29, 0.717) is 23.3 Å². The van der Waals surface area contributed by atoms with Gasteiger partial charge >= 0.3 is 5.97 Å². The number of hydrogen-bond acceptors (Lipinski definition) is 3. The molecule has 0 amide bonds. The fourth-order valence-corrected chi connectivity index (χ4v) is 4.83. The lowest BCUT2D eigenvalue weighted by molar-refractivity contribution is 0.0734. The van der Waals surface area contributed by atoms with E-state index in [1.165, 1.54) is 81.8 Å². The smallest absolute Gasteiger partial charge is 0.343 e. The van der Waals surface area contributed by atoms with Crippen LogP contribution in [0.5, 0.6) is 5.75 Å². The molecule has 2 aromatic rings. The maximum atomic E-state index is 12.6. The van der Waals surface area contributed by atoms with E-state index >= 15 is 0 Å². The molecule has 1 saturated heterocycles. The van der Waals surface area contributed by atoms with Gasteiger partial charge in [0, 0.05) is 5.92 Å². The minimum atomic E-state index is -0.296. The van der Waals surface area contributed by atoms with Crippen LogP contribution in [0.15, 0.2) is 48.5 Å². The average Bonchev–Trinajstić information content (AvgIpc) is 3.34. The molecule has 3 heteroatoms. The van der Waals surface area contributed by atoms with Crippen molar-refractivity contribution in [2.24, 2.45) is 0 Å². The molecule has 3 nitrogen and oxygen atoms in total. The Morgan fingerprint density at radius 3 is 2.18 bits per heavy atom. The van der Waals surface area contributed by atoms with Gasteiger partial charge in [0.1, 0.15) is 5.75 Å². The first-order valence-electron chi connectivity index (χ1n) is 13.7. The zero-order valence-corrected chi connectivity index (χ0v) is 21.4. The van der Waals surface area contributed by atoms with Crippen LogP contribution in [-0.2, 0) is 11.2 Å². The highest BCUT2D eigenvalue weighted by Gasteiger charge is 2.26. The molecule has 2 aromatic carbocycles. The normalized spacial score (nSPS) is 17.7.